The molecule has 0 unspecified atom stereocenters. The molecule has 0 radical (unpaired) electrons. The number of anilines is 2. The first kappa shape index (κ1) is 12.9. The average molecular weight is 261 g/mol. The van der Waals surface area contributed by atoms with Crippen molar-refractivity contribution in [2.24, 2.45) is 0 Å². The van der Waals surface area contributed by atoms with Crippen molar-refractivity contribution in [2.45, 2.75) is 13.5 Å². The van der Waals surface area contributed by atoms with Gasteiger partial charge in [0.05, 0.1) is 12.3 Å². The van der Waals surface area contributed by atoms with E-state index in [1.54, 1.807) is 12.1 Å². The lowest BCUT2D eigenvalue weighted by atomic mass is 10.3. The molecule has 0 saturated heterocycles. The average Bonchev–Trinajstić information content (AvgIpc) is 2.77. The number of benzene rings is 1. The molecular formula is C12H15N5O2. The van der Waals surface area contributed by atoms with Crippen molar-refractivity contribution in [3.05, 3.63) is 30.6 Å². The second-order valence-electron chi connectivity index (χ2n) is 3.78. The third-order valence-corrected chi connectivity index (χ3v) is 2.32. The molecule has 0 aliphatic heterocycles. The van der Waals surface area contributed by atoms with Gasteiger partial charge in [0.25, 0.3) is 0 Å². The molecule has 0 aliphatic rings. The van der Waals surface area contributed by atoms with Crippen LogP contribution in [0.5, 0.6) is 5.75 Å². The predicted molar refractivity (Wildman–Crippen MR) is 70.7 cm³/mol. The molecule has 2 aromatic rings. The third-order valence-electron chi connectivity index (χ3n) is 2.32. The molecule has 7 heteroatoms. The number of ether oxygens (including phenoxy) is 1. The van der Waals surface area contributed by atoms with Crippen LogP contribution in [0, 0.1) is 0 Å². The highest BCUT2D eigenvalue weighted by atomic mass is 16.5. The van der Waals surface area contributed by atoms with Gasteiger partial charge in [-0.1, -0.05) is 12.1 Å². The Hall–Kier alpha value is -2.57. The van der Waals surface area contributed by atoms with Crippen molar-refractivity contribution in [2.75, 3.05) is 17.7 Å². The summed E-state index contributed by atoms with van der Waals surface area (Å²) in [6, 6.07) is 7.25. The Bertz CT molecular complexity index is 567. The summed E-state index contributed by atoms with van der Waals surface area (Å²) in [6.45, 7) is 2.47. The van der Waals surface area contributed by atoms with Gasteiger partial charge in [0.2, 0.25) is 11.9 Å². The van der Waals surface area contributed by atoms with E-state index in [9.17, 15) is 4.79 Å². The highest BCUT2D eigenvalue weighted by Gasteiger charge is 2.08. The van der Waals surface area contributed by atoms with Gasteiger partial charge in [-0.05, 0) is 19.1 Å². The molecule has 0 spiro atoms. The first-order chi connectivity index (χ1) is 9.19. The Kier molecular flexibility index (Phi) is 3.97. The number of para-hydroxylation sites is 2. The van der Waals surface area contributed by atoms with Crippen LogP contribution in [0.4, 0.5) is 11.6 Å². The maximum absolute atomic E-state index is 11.9. The summed E-state index contributed by atoms with van der Waals surface area (Å²) in [4.78, 5) is 15.6. The number of carbonyl (C=O) groups excluding carboxylic acids is 1. The summed E-state index contributed by atoms with van der Waals surface area (Å²) >= 11 is 0. The monoisotopic (exact) mass is 261 g/mol. The topological polar surface area (TPSA) is 95.1 Å². The van der Waals surface area contributed by atoms with Gasteiger partial charge < -0.3 is 15.8 Å². The molecular weight excluding hydrogens is 246 g/mol. The molecule has 1 aromatic heterocycles. The number of rotatable bonds is 5. The fourth-order valence-corrected chi connectivity index (χ4v) is 1.57. The Balaban J connectivity index is 2.02. The second-order valence-corrected chi connectivity index (χ2v) is 3.78. The highest BCUT2D eigenvalue weighted by molar-refractivity contribution is 5.92. The Morgan fingerprint density at radius 3 is 2.95 bits per heavy atom. The van der Waals surface area contributed by atoms with Crippen LogP contribution in [0.2, 0.25) is 0 Å². The lowest BCUT2D eigenvalue weighted by Gasteiger charge is -2.10. The third kappa shape index (κ3) is 3.44. The molecule has 7 nitrogen and oxygen atoms in total. The number of nitrogens with one attached hydrogen (secondary N) is 1. The van der Waals surface area contributed by atoms with E-state index in [-0.39, 0.29) is 18.4 Å². The van der Waals surface area contributed by atoms with Crippen LogP contribution in [-0.4, -0.2) is 27.3 Å². The van der Waals surface area contributed by atoms with E-state index in [0.29, 0.717) is 18.0 Å². The zero-order chi connectivity index (χ0) is 13.7. The largest absolute Gasteiger partial charge is 0.492 e. The summed E-state index contributed by atoms with van der Waals surface area (Å²) < 4.78 is 6.79. The van der Waals surface area contributed by atoms with Gasteiger partial charge in [0.1, 0.15) is 18.6 Å². The van der Waals surface area contributed by atoms with Gasteiger partial charge in [0.15, 0.2) is 0 Å². The zero-order valence-corrected chi connectivity index (χ0v) is 10.5. The van der Waals surface area contributed by atoms with E-state index in [2.05, 4.69) is 15.4 Å². The van der Waals surface area contributed by atoms with Gasteiger partial charge in [-0.2, -0.15) is 0 Å². The lowest BCUT2D eigenvalue weighted by Crippen LogP contribution is -2.19. The van der Waals surface area contributed by atoms with Gasteiger partial charge in [-0.15, -0.1) is 5.10 Å². The molecule has 1 amide bonds. The number of carbonyl (C=O) groups is 1. The smallest absolute Gasteiger partial charge is 0.246 e. The summed E-state index contributed by atoms with van der Waals surface area (Å²) in [5.41, 5.74) is 6.00. The van der Waals surface area contributed by atoms with Crippen LogP contribution in [0.15, 0.2) is 30.6 Å². The van der Waals surface area contributed by atoms with Gasteiger partial charge in [-0.25, -0.2) is 9.67 Å². The van der Waals surface area contributed by atoms with Gasteiger partial charge in [-0.3, -0.25) is 4.79 Å². The summed E-state index contributed by atoms with van der Waals surface area (Å²) in [5.74, 6) is 0.552. The number of aromatic nitrogens is 3. The van der Waals surface area contributed by atoms with Crippen LogP contribution >= 0.6 is 0 Å². The minimum atomic E-state index is -0.225. The van der Waals surface area contributed by atoms with Crippen LogP contribution in [0.1, 0.15) is 6.92 Å². The maximum atomic E-state index is 11.9. The van der Waals surface area contributed by atoms with E-state index in [1.807, 2.05) is 19.1 Å². The number of amides is 1. The SMILES string of the molecule is CCOc1ccccc1NC(=O)Cn1cnc(N)n1. The molecule has 1 heterocycles. The first-order valence-electron chi connectivity index (χ1n) is 5.85. The summed E-state index contributed by atoms with van der Waals surface area (Å²) in [7, 11) is 0. The van der Waals surface area contributed by atoms with Crippen LogP contribution in [0.3, 0.4) is 0 Å². The van der Waals surface area contributed by atoms with Crippen molar-refractivity contribution in [3.8, 4) is 5.75 Å². The minimum absolute atomic E-state index is 0.0463. The number of nitrogens with zero attached hydrogens (tertiary/aromatic N) is 3. The predicted octanol–water partition coefficient (Wildman–Crippen LogP) is 0.898. The van der Waals surface area contributed by atoms with Crippen LogP contribution in [-0.2, 0) is 11.3 Å². The normalized spacial score (nSPS) is 10.2. The van der Waals surface area contributed by atoms with Gasteiger partial charge >= 0.3 is 0 Å². The summed E-state index contributed by atoms with van der Waals surface area (Å²) in [5, 5.41) is 6.60. The van der Waals surface area contributed by atoms with Crippen LogP contribution < -0.4 is 15.8 Å². The Morgan fingerprint density at radius 1 is 1.47 bits per heavy atom. The Labute approximate surface area is 110 Å². The minimum Gasteiger partial charge on any atom is -0.492 e. The lowest BCUT2D eigenvalue weighted by molar-refractivity contribution is -0.116. The fraction of sp³-hybridized carbons (Fsp3) is 0.250. The van der Waals surface area contributed by atoms with Crippen molar-refractivity contribution in [1.29, 1.82) is 0 Å². The van der Waals surface area contributed by atoms with Crippen LogP contribution in [0.25, 0.3) is 0 Å². The van der Waals surface area contributed by atoms with E-state index in [4.69, 9.17) is 10.5 Å². The van der Waals surface area contributed by atoms with E-state index in [1.165, 1.54) is 11.0 Å². The van der Waals surface area contributed by atoms with Crippen molar-refractivity contribution in [3.63, 3.8) is 0 Å². The maximum Gasteiger partial charge on any atom is 0.246 e. The standard InChI is InChI=1S/C12H15N5O2/c1-2-19-10-6-4-3-5-9(10)15-11(18)7-17-8-14-12(13)16-17/h3-6,8H,2,7H2,1H3,(H2,13,16)(H,15,18). The zero-order valence-electron chi connectivity index (χ0n) is 10.5. The van der Waals surface area contributed by atoms with Gasteiger partial charge in [0, 0.05) is 0 Å². The quantitative estimate of drug-likeness (QED) is 0.833. The molecule has 1 aromatic carbocycles. The molecule has 0 saturated carbocycles. The van der Waals surface area contributed by atoms with Crippen molar-refractivity contribution in [1.82, 2.24) is 14.8 Å². The number of nitrogens with two attached hydrogens (primary N) is 1. The summed E-state index contributed by atoms with van der Waals surface area (Å²) in [6.07, 6.45) is 1.41. The molecule has 19 heavy (non-hydrogen) atoms. The second kappa shape index (κ2) is 5.85. The molecule has 0 fully saturated rings. The molecule has 0 atom stereocenters. The van der Waals surface area contributed by atoms with E-state index in [0.717, 1.165) is 0 Å². The molecule has 100 valence electrons. The van der Waals surface area contributed by atoms with Crippen molar-refractivity contribution < 1.29 is 9.53 Å². The first-order valence-corrected chi connectivity index (χ1v) is 5.85. The molecule has 3 N–H and O–H groups in total. The molecule has 2 rings (SSSR count). The Morgan fingerprint density at radius 2 is 2.26 bits per heavy atom. The fourth-order valence-electron chi connectivity index (χ4n) is 1.57. The number of hydrogen-bond donors (Lipinski definition) is 2. The van der Waals surface area contributed by atoms with E-state index >= 15 is 0 Å². The van der Waals surface area contributed by atoms with Crippen molar-refractivity contribution >= 4 is 17.5 Å². The molecule has 0 aliphatic carbocycles. The number of hydrogen-bond acceptors (Lipinski definition) is 5. The highest BCUT2D eigenvalue weighted by Crippen LogP contribution is 2.23. The molecule has 0 bridgehead atoms. The number of nitrogen functional groups attached to an aromatic ring is 1. The van der Waals surface area contributed by atoms with E-state index < -0.39 is 0 Å².